The number of rotatable bonds is 0. The summed E-state index contributed by atoms with van der Waals surface area (Å²) in [5, 5.41) is 1.27. The van der Waals surface area contributed by atoms with Crippen LogP contribution < -0.4 is 0 Å². The molecule has 0 amide bonds. The second-order valence-corrected chi connectivity index (χ2v) is 4.65. The van der Waals surface area contributed by atoms with E-state index in [0.29, 0.717) is 0 Å². The summed E-state index contributed by atoms with van der Waals surface area (Å²) in [5.74, 6) is 1.69. The molecule has 1 heteroatoms. The first-order chi connectivity index (χ1) is 6.92. The van der Waals surface area contributed by atoms with Crippen LogP contribution in [-0.2, 0) is 0 Å². The molecule has 2 aromatic rings. The number of fused-ring (bicyclic) bond motifs is 6. The minimum absolute atomic E-state index is 0.837. The molecule has 1 saturated carbocycles. The smallest absolute Gasteiger partial charge is 0.134 e. The van der Waals surface area contributed by atoms with Crippen molar-refractivity contribution < 1.29 is 4.42 Å². The fourth-order valence-corrected chi connectivity index (χ4v) is 3.30. The van der Waals surface area contributed by atoms with E-state index in [1.807, 2.05) is 0 Å². The maximum absolute atomic E-state index is 5.45. The Hall–Kier alpha value is -1.24. The van der Waals surface area contributed by atoms with Crippen LogP contribution in [0.4, 0.5) is 0 Å². The van der Waals surface area contributed by atoms with Crippen LogP contribution in [0.15, 0.2) is 28.9 Å². The molecule has 4 rings (SSSR count). The molecule has 2 aliphatic carbocycles. The van der Waals surface area contributed by atoms with Gasteiger partial charge in [0.1, 0.15) is 5.58 Å². The van der Waals surface area contributed by atoms with Crippen LogP contribution in [0, 0.1) is 0 Å². The largest absolute Gasteiger partial charge is 0.464 e. The van der Waals surface area contributed by atoms with Gasteiger partial charge >= 0.3 is 0 Å². The fraction of sp³-hybridized carbons (Fsp3) is 0.385. The van der Waals surface area contributed by atoms with Crippen LogP contribution in [0.25, 0.3) is 11.0 Å². The molecule has 2 atom stereocenters. The zero-order valence-corrected chi connectivity index (χ0v) is 7.99. The Labute approximate surface area is 82.7 Å². The van der Waals surface area contributed by atoms with Crippen molar-refractivity contribution in [2.75, 3.05) is 0 Å². The maximum atomic E-state index is 5.45. The van der Waals surface area contributed by atoms with Crippen LogP contribution in [0.1, 0.15) is 42.2 Å². The summed E-state index contributed by atoms with van der Waals surface area (Å²) < 4.78 is 5.45. The summed E-state index contributed by atoms with van der Waals surface area (Å²) in [4.78, 5) is 0. The quantitative estimate of drug-likeness (QED) is 0.607. The van der Waals surface area contributed by atoms with Crippen molar-refractivity contribution in [3.05, 3.63) is 35.6 Å². The van der Waals surface area contributed by atoms with E-state index < -0.39 is 0 Å². The van der Waals surface area contributed by atoms with E-state index in [2.05, 4.69) is 18.2 Å². The van der Waals surface area contributed by atoms with Crippen LogP contribution >= 0.6 is 0 Å². The van der Waals surface area contributed by atoms with Crippen molar-refractivity contribution in [3.8, 4) is 0 Å². The van der Waals surface area contributed by atoms with Gasteiger partial charge in [-0.15, -0.1) is 0 Å². The molecular weight excluding hydrogens is 172 g/mol. The molecule has 1 heterocycles. The molecule has 0 spiro atoms. The third kappa shape index (κ3) is 0.719. The topological polar surface area (TPSA) is 13.1 Å². The van der Waals surface area contributed by atoms with Gasteiger partial charge < -0.3 is 4.42 Å². The Morgan fingerprint density at radius 2 is 1.86 bits per heavy atom. The second kappa shape index (κ2) is 2.22. The van der Waals surface area contributed by atoms with E-state index in [4.69, 9.17) is 4.42 Å². The third-order valence-corrected chi connectivity index (χ3v) is 3.97. The minimum atomic E-state index is 0.837. The molecule has 2 aliphatic rings. The molecule has 14 heavy (non-hydrogen) atoms. The first kappa shape index (κ1) is 7.10. The summed E-state index contributed by atoms with van der Waals surface area (Å²) in [6, 6.07) is 6.69. The number of benzene rings is 1. The van der Waals surface area contributed by atoms with Crippen LogP contribution in [0.3, 0.4) is 0 Å². The molecule has 2 unspecified atom stereocenters. The van der Waals surface area contributed by atoms with E-state index in [9.17, 15) is 0 Å². The van der Waals surface area contributed by atoms with Crippen molar-refractivity contribution in [3.63, 3.8) is 0 Å². The lowest BCUT2D eigenvalue weighted by molar-refractivity contribution is 0.613. The molecule has 70 valence electrons. The van der Waals surface area contributed by atoms with Crippen LogP contribution in [0.2, 0.25) is 0 Å². The molecule has 0 saturated heterocycles. The predicted molar refractivity (Wildman–Crippen MR) is 55.5 cm³/mol. The monoisotopic (exact) mass is 184 g/mol. The lowest BCUT2D eigenvalue weighted by Gasteiger charge is -2.14. The Bertz CT molecular complexity index is 465. The highest BCUT2D eigenvalue weighted by atomic mass is 16.3. The van der Waals surface area contributed by atoms with Gasteiger partial charge in [-0.1, -0.05) is 0 Å². The van der Waals surface area contributed by atoms with Gasteiger partial charge in [0.05, 0.1) is 6.26 Å². The average Bonchev–Trinajstić information content (AvgIpc) is 2.90. The van der Waals surface area contributed by atoms with Gasteiger partial charge in [0.15, 0.2) is 0 Å². The molecule has 1 fully saturated rings. The fourth-order valence-electron chi connectivity index (χ4n) is 3.30. The van der Waals surface area contributed by atoms with E-state index in [1.54, 1.807) is 17.4 Å². The minimum Gasteiger partial charge on any atom is -0.464 e. The molecule has 0 radical (unpaired) electrons. The van der Waals surface area contributed by atoms with Crippen molar-refractivity contribution in [2.45, 2.75) is 31.1 Å². The first-order valence-corrected chi connectivity index (χ1v) is 5.43. The summed E-state index contributed by atoms with van der Waals surface area (Å²) in [5.41, 5.74) is 4.25. The van der Waals surface area contributed by atoms with Gasteiger partial charge in [-0.05, 0) is 60.4 Å². The zero-order valence-electron chi connectivity index (χ0n) is 7.99. The van der Waals surface area contributed by atoms with Crippen molar-refractivity contribution in [1.82, 2.24) is 0 Å². The van der Waals surface area contributed by atoms with E-state index in [-0.39, 0.29) is 0 Å². The van der Waals surface area contributed by atoms with Crippen molar-refractivity contribution in [2.24, 2.45) is 0 Å². The first-order valence-electron chi connectivity index (χ1n) is 5.43. The lowest BCUT2D eigenvalue weighted by atomic mass is 9.91. The lowest BCUT2D eigenvalue weighted by Crippen LogP contribution is -1.96. The standard InChI is InChI=1S/C13H12O/c1-2-9-5-8(1)11-6-10-3-4-14-13(10)7-12(9)11/h3-4,6-9H,1-2,5H2. The average molecular weight is 184 g/mol. The Kier molecular flexibility index (Phi) is 1.13. The summed E-state index contributed by atoms with van der Waals surface area (Å²) in [6.07, 6.45) is 5.98. The molecule has 1 nitrogen and oxygen atoms in total. The molecular formula is C13H12O. The highest BCUT2D eigenvalue weighted by Crippen LogP contribution is 2.53. The molecule has 1 aromatic carbocycles. The second-order valence-electron chi connectivity index (χ2n) is 4.65. The highest BCUT2D eigenvalue weighted by molar-refractivity contribution is 5.80. The Morgan fingerprint density at radius 3 is 2.71 bits per heavy atom. The molecule has 1 aromatic heterocycles. The Balaban J connectivity index is 2.08. The van der Waals surface area contributed by atoms with Crippen LogP contribution in [-0.4, -0.2) is 0 Å². The zero-order chi connectivity index (χ0) is 9.12. The van der Waals surface area contributed by atoms with E-state index in [0.717, 1.165) is 17.4 Å². The Morgan fingerprint density at radius 1 is 1.07 bits per heavy atom. The van der Waals surface area contributed by atoms with Crippen LogP contribution in [0.5, 0.6) is 0 Å². The summed E-state index contributed by atoms with van der Waals surface area (Å²) in [7, 11) is 0. The van der Waals surface area contributed by atoms with Gasteiger partial charge in [0, 0.05) is 5.39 Å². The van der Waals surface area contributed by atoms with Crippen molar-refractivity contribution >= 4 is 11.0 Å². The summed E-state index contributed by atoms with van der Waals surface area (Å²) >= 11 is 0. The number of hydrogen-bond acceptors (Lipinski definition) is 1. The van der Waals surface area contributed by atoms with Gasteiger partial charge in [-0.3, -0.25) is 0 Å². The van der Waals surface area contributed by atoms with Gasteiger partial charge in [0.25, 0.3) is 0 Å². The number of hydrogen-bond donors (Lipinski definition) is 0. The molecule has 2 bridgehead atoms. The van der Waals surface area contributed by atoms with E-state index >= 15 is 0 Å². The van der Waals surface area contributed by atoms with Gasteiger partial charge in [-0.2, -0.15) is 0 Å². The van der Waals surface area contributed by atoms with Crippen molar-refractivity contribution in [1.29, 1.82) is 0 Å². The van der Waals surface area contributed by atoms with E-state index in [1.165, 1.54) is 24.6 Å². The maximum Gasteiger partial charge on any atom is 0.134 e. The number of furan rings is 1. The molecule has 0 aliphatic heterocycles. The normalized spacial score (nSPS) is 28.6. The summed E-state index contributed by atoms with van der Waals surface area (Å²) in [6.45, 7) is 0. The predicted octanol–water partition coefficient (Wildman–Crippen LogP) is 3.80. The molecule has 0 N–H and O–H groups in total. The van der Waals surface area contributed by atoms with Gasteiger partial charge in [0.2, 0.25) is 0 Å². The highest BCUT2D eigenvalue weighted by Gasteiger charge is 2.36. The van der Waals surface area contributed by atoms with Gasteiger partial charge in [-0.25, -0.2) is 0 Å². The SMILES string of the molecule is c1cc2cc3c(cc2o1)C1CCC3C1. The third-order valence-electron chi connectivity index (χ3n) is 3.97.